The van der Waals surface area contributed by atoms with E-state index in [0.717, 1.165) is 23.1 Å². The fourth-order valence-corrected chi connectivity index (χ4v) is 5.65. The molecular weight excluding hydrogens is 345 g/mol. The second-order valence-electron chi connectivity index (χ2n) is 8.82. The molecule has 27 heavy (non-hydrogen) atoms. The van der Waals surface area contributed by atoms with Crippen LogP contribution in [-0.2, 0) is 6.18 Å². The van der Waals surface area contributed by atoms with Gasteiger partial charge in [0.2, 0.25) is 0 Å². The van der Waals surface area contributed by atoms with E-state index in [2.05, 4.69) is 19.1 Å². The van der Waals surface area contributed by atoms with Gasteiger partial charge in [0.25, 0.3) is 0 Å². The van der Waals surface area contributed by atoms with E-state index in [4.69, 9.17) is 0 Å². The van der Waals surface area contributed by atoms with Crippen LogP contribution in [0.25, 0.3) is 10.8 Å². The molecule has 2 aliphatic rings. The van der Waals surface area contributed by atoms with Crippen LogP contribution in [0, 0.1) is 17.8 Å². The largest absolute Gasteiger partial charge is 0.416 e. The van der Waals surface area contributed by atoms with Gasteiger partial charge in [-0.15, -0.1) is 0 Å². The molecule has 2 fully saturated rings. The normalized spacial score (nSPS) is 28.9. The second-order valence-corrected chi connectivity index (χ2v) is 8.82. The van der Waals surface area contributed by atoms with Crippen LogP contribution < -0.4 is 0 Å². The molecule has 4 atom stereocenters. The first kappa shape index (κ1) is 18.8. The fraction of sp³-hybridized carbons (Fsp3) is 0.583. The van der Waals surface area contributed by atoms with Gasteiger partial charge in [0.05, 0.1) is 5.56 Å². The van der Waals surface area contributed by atoms with Crippen molar-refractivity contribution in [1.29, 1.82) is 0 Å². The molecule has 2 unspecified atom stereocenters. The van der Waals surface area contributed by atoms with E-state index in [-0.39, 0.29) is 0 Å². The molecular formula is C24H29F3. The molecule has 0 radical (unpaired) electrons. The number of halogens is 3. The highest BCUT2D eigenvalue weighted by Crippen LogP contribution is 2.48. The van der Waals surface area contributed by atoms with Gasteiger partial charge in [-0.1, -0.05) is 50.5 Å². The zero-order chi connectivity index (χ0) is 19.0. The SMILES string of the molecule is CCC[C@@H]1CC[C@@H]2CC(c3ccc4cc(C(F)(F)F)ccc4c3)CCC2C1. The minimum absolute atomic E-state index is 0.563. The van der Waals surface area contributed by atoms with Crippen LogP contribution in [0.4, 0.5) is 13.2 Å². The average Bonchev–Trinajstić information content (AvgIpc) is 2.66. The summed E-state index contributed by atoms with van der Waals surface area (Å²) in [4.78, 5) is 0. The highest BCUT2D eigenvalue weighted by molar-refractivity contribution is 5.84. The lowest BCUT2D eigenvalue weighted by atomic mass is 9.63. The van der Waals surface area contributed by atoms with Gasteiger partial charge >= 0.3 is 6.18 Å². The summed E-state index contributed by atoms with van der Waals surface area (Å²) < 4.78 is 38.8. The molecule has 2 aliphatic carbocycles. The quantitative estimate of drug-likeness (QED) is 0.511. The molecule has 0 bridgehead atoms. The van der Waals surface area contributed by atoms with E-state index in [1.54, 1.807) is 6.07 Å². The van der Waals surface area contributed by atoms with Crippen LogP contribution in [-0.4, -0.2) is 0 Å². The van der Waals surface area contributed by atoms with Crippen molar-refractivity contribution in [2.45, 2.75) is 70.4 Å². The van der Waals surface area contributed by atoms with Crippen molar-refractivity contribution in [3.8, 4) is 0 Å². The molecule has 0 aromatic heterocycles. The van der Waals surface area contributed by atoms with Crippen molar-refractivity contribution in [2.75, 3.05) is 0 Å². The van der Waals surface area contributed by atoms with Crippen molar-refractivity contribution >= 4 is 10.8 Å². The third-order valence-electron chi connectivity index (χ3n) is 7.08. The van der Waals surface area contributed by atoms with Crippen molar-refractivity contribution in [1.82, 2.24) is 0 Å². The van der Waals surface area contributed by atoms with E-state index in [1.807, 2.05) is 6.07 Å². The molecule has 2 saturated carbocycles. The Morgan fingerprint density at radius 3 is 2.33 bits per heavy atom. The number of benzene rings is 2. The fourth-order valence-electron chi connectivity index (χ4n) is 5.65. The summed E-state index contributed by atoms with van der Waals surface area (Å²) >= 11 is 0. The van der Waals surface area contributed by atoms with Gasteiger partial charge in [0, 0.05) is 0 Å². The van der Waals surface area contributed by atoms with E-state index in [1.165, 1.54) is 69.1 Å². The Labute approximate surface area is 160 Å². The molecule has 0 saturated heterocycles. The Hall–Kier alpha value is -1.51. The smallest absolute Gasteiger partial charge is 0.166 e. The van der Waals surface area contributed by atoms with Crippen molar-refractivity contribution in [2.24, 2.45) is 17.8 Å². The molecule has 4 rings (SSSR count). The Bertz CT molecular complexity index is 792. The summed E-state index contributed by atoms with van der Waals surface area (Å²) in [7, 11) is 0. The topological polar surface area (TPSA) is 0 Å². The highest BCUT2D eigenvalue weighted by Gasteiger charge is 2.36. The molecule has 0 aliphatic heterocycles. The maximum atomic E-state index is 12.9. The van der Waals surface area contributed by atoms with Crippen LogP contribution in [0.3, 0.4) is 0 Å². The van der Waals surface area contributed by atoms with Crippen molar-refractivity contribution in [3.05, 3.63) is 47.5 Å². The van der Waals surface area contributed by atoms with E-state index >= 15 is 0 Å². The first-order chi connectivity index (χ1) is 12.9. The van der Waals surface area contributed by atoms with Gasteiger partial charge in [-0.3, -0.25) is 0 Å². The summed E-state index contributed by atoms with van der Waals surface area (Å²) in [5.41, 5.74) is 0.753. The minimum Gasteiger partial charge on any atom is -0.166 e. The molecule has 146 valence electrons. The molecule has 0 spiro atoms. The number of hydrogen-bond acceptors (Lipinski definition) is 0. The first-order valence-corrected chi connectivity index (χ1v) is 10.5. The minimum atomic E-state index is -4.28. The van der Waals surface area contributed by atoms with Crippen molar-refractivity contribution < 1.29 is 13.2 Å². The molecule has 0 nitrogen and oxygen atoms in total. The lowest BCUT2D eigenvalue weighted by Crippen LogP contribution is -2.30. The van der Waals surface area contributed by atoms with Crippen LogP contribution in [0.5, 0.6) is 0 Å². The Morgan fingerprint density at radius 1 is 0.852 bits per heavy atom. The number of alkyl halides is 3. The molecule has 3 heteroatoms. The van der Waals surface area contributed by atoms with Gasteiger partial charge in [-0.2, -0.15) is 13.2 Å². The molecule has 2 aromatic rings. The summed E-state index contributed by atoms with van der Waals surface area (Å²) in [5.74, 6) is 3.26. The third kappa shape index (κ3) is 4.02. The zero-order valence-electron chi connectivity index (χ0n) is 16.1. The lowest BCUT2D eigenvalue weighted by Gasteiger charge is -2.42. The number of fused-ring (bicyclic) bond motifs is 2. The van der Waals surface area contributed by atoms with E-state index in [9.17, 15) is 13.2 Å². The monoisotopic (exact) mass is 374 g/mol. The van der Waals surface area contributed by atoms with Gasteiger partial charge in [0.15, 0.2) is 0 Å². The van der Waals surface area contributed by atoms with Gasteiger partial charge < -0.3 is 0 Å². The average molecular weight is 374 g/mol. The molecule has 0 amide bonds. The van der Waals surface area contributed by atoms with Gasteiger partial charge in [-0.05, 0) is 84.2 Å². The van der Waals surface area contributed by atoms with Crippen LogP contribution in [0.15, 0.2) is 36.4 Å². The maximum Gasteiger partial charge on any atom is 0.416 e. The summed E-state index contributed by atoms with van der Waals surface area (Å²) in [6.07, 6.45) is 6.40. The van der Waals surface area contributed by atoms with Crippen molar-refractivity contribution in [3.63, 3.8) is 0 Å². The third-order valence-corrected chi connectivity index (χ3v) is 7.08. The number of hydrogen-bond donors (Lipinski definition) is 0. The highest BCUT2D eigenvalue weighted by atomic mass is 19.4. The maximum absolute atomic E-state index is 12.9. The Morgan fingerprint density at radius 2 is 1.56 bits per heavy atom. The Kier molecular flexibility index (Phi) is 5.22. The summed E-state index contributed by atoms with van der Waals surface area (Å²) in [6, 6.07) is 10.2. The lowest BCUT2D eigenvalue weighted by molar-refractivity contribution is -0.137. The van der Waals surface area contributed by atoms with Crippen LogP contribution in [0.1, 0.15) is 75.3 Å². The van der Waals surface area contributed by atoms with E-state index < -0.39 is 11.7 Å². The number of rotatable bonds is 3. The Balaban J connectivity index is 1.49. The van der Waals surface area contributed by atoms with Crippen LogP contribution >= 0.6 is 0 Å². The molecule has 2 aromatic carbocycles. The van der Waals surface area contributed by atoms with Gasteiger partial charge in [-0.25, -0.2) is 0 Å². The molecule has 0 N–H and O–H groups in total. The first-order valence-electron chi connectivity index (χ1n) is 10.5. The standard InChI is InChI=1S/C24H29F3/c1-2-3-16-4-5-18-13-19(7-6-17(18)12-16)20-8-9-22-15-23(24(25,26)27)11-10-21(22)14-20/h8-11,14-19H,2-7,12-13H2,1H3/t16-,17?,18-,19?/m1/s1. The van der Waals surface area contributed by atoms with Gasteiger partial charge in [0.1, 0.15) is 0 Å². The molecule has 0 heterocycles. The zero-order valence-corrected chi connectivity index (χ0v) is 16.1. The summed E-state index contributed by atoms with van der Waals surface area (Å²) in [6.45, 7) is 2.29. The predicted octanol–water partition coefficient (Wildman–Crippen LogP) is 7.96. The second kappa shape index (κ2) is 7.48. The summed E-state index contributed by atoms with van der Waals surface area (Å²) in [5, 5.41) is 1.61. The van der Waals surface area contributed by atoms with E-state index in [0.29, 0.717) is 11.3 Å². The predicted molar refractivity (Wildman–Crippen MR) is 105 cm³/mol. The van der Waals surface area contributed by atoms with Crippen LogP contribution in [0.2, 0.25) is 0 Å².